The molecule has 10 nitrogen and oxygen atoms in total. The smallest absolute Gasteiger partial charge is 0.255 e. The van der Waals surface area contributed by atoms with E-state index in [-0.39, 0.29) is 22.6 Å². The third-order valence-electron chi connectivity index (χ3n) is 7.07. The van der Waals surface area contributed by atoms with E-state index in [4.69, 9.17) is 17.3 Å². The largest absolute Gasteiger partial charge is 0.508 e. The van der Waals surface area contributed by atoms with Gasteiger partial charge < -0.3 is 31.3 Å². The normalized spacial score (nSPS) is 33.7. The Kier molecular flexibility index (Phi) is 4.96. The molecule has 0 bridgehead atoms. The topological polar surface area (TPSA) is 182 Å². The number of rotatable bonds is 2. The summed E-state index contributed by atoms with van der Waals surface area (Å²) >= 11 is 6.28. The van der Waals surface area contributed by atoms with Gasteiger partial charge in [0.1, 0.15) is 22.8 Å². The van der Waals surface area contributed by atoms with Gasteiger partial charge in [0.25, 0.3) is 5.91 Å². The van der Waals surface area contributed by atoms with Crippen LogP contribution in [0.15, 0.2) is 29.0 Å². The van der Waals surface area contributed by atoms with Gasteiger partial charge in [0, 0.05) is 28.0 Å². The number of fused-ring (bicyclic) bond motifs is 3. The fourth-order valence-corrected chi connectivity index (χ4v) is 5.93. The highest BCUT2D eigenvalue weighted by Gasteiger charge is 2.66. The number of nitrogens with two attached hydrogens (primary N) is 1. The summed E-state index contributed by atoms with van der Waals surface area (Å²) in [6.07, 6.45) is -0.259. The summed E-state index contributed by atoms with van der Waals surface area (Å²) in [7, 11) is 2.97. The molecule has 0 heterocycles. The van der Waals surface area contributed by atoms with E-state index in [1.165, 1.54) is 38.1 Å². The number of halogens is 1. The zero-order chi connectivity index (χ0) is 24.8. The Hall–Kier alpha value is -2.92. The molecule has 1 amide bonds. The molecule has 1 saturated carbocycles. The zero-order valence-corrected chi connectivity index (χ0v) is 18.7. The summed E-state index contributed by atoms with van der Waals surface area (Å²) < 4.78 is 0. The predicted octanol–water partition coefficient (Wildman–Crippen LogP) is 0.282. The van der Waals surface area contributed by atoms with Crippen LogP contribution in [0.1, 0.15) is 24.5 Å². The van der Waals surface area contributed by atoms with Crippen LogP contribution in [-0.2, 0) is 20.0 Å². The van der Waals surface area contributed by atoms with E-state index >= 15 is 0 Å². The van der Waals surface area contributed by atoms with Crippen LogP contribution in [0.4, 0.5) is 0 Å². The molecule has 33 heavy (non-hydrogen) atoms. The number of carbonyl (C=O) groups excluding carboxylic acids is 3. The molecule has 0 spiro atoms. The number of hydrogen-bond acceptors (Lipinski definition) is 9. The first-order valence-corrected chi connectivity index (χ1v) is 10.5. The van der Waals surface area contributed by atoms with Crippen LogP contribution in [0.5, 0.6) is 5.75 Å². The Morgan fingerprint density at radius 3 is 2.33 bits per heavy atom. The molecule has 0 saturated heterocycles. The van der Waals surface area contributed by atoms with Gasteiger partial charge in [-0.15, -0.1) is 0 Å². The number of primary amides is 1. The van der Waals surface area contributed by atoms with Gasteiger partial charge in [-0.2, -0.15) is 0 Å². The van der Waals surface area contributed by atoms with Crippen LogP contribution in [0, 0.1) is 11.8 Å². The third-order valence-corrected chi connectivity index (χ3v) is 7.39. The molecule has 0 aliphatic heterocycles. The van der Waals surface area contributed by atoms with Gasteiger partial charge in [-0.05, 0) is 39.6 Å². The second-order valence-electron chi connectivity index (χ2n) is 9.08. The van der Waals surface area contributed by atoms with Crippen molar-refractivity contribution in [3.63, 3.8) is 0 Å². The van der Waals surface area contributed by atoms with Crippen LogP contribution in [0.2, 0.25) is 5.02 Å². The number of benzene rings is 1. The highest BCUT2D eigenvalue weighted by Crippen LogP contribution is 2.58. The Bertz CT molecular complexity index is 1200. The van der Waals surface area contributed by atoms with Crippen molar-refractivity contribution in [2.45, 2.75) is 30.6 Å². The van der Waals surface area contributed by atoms with E-state index in [0.29, 0.717) is 0 Å². The van der Waals surface area contributed by atoms with Gasteiger partial charge in [-0.1, -0.05) is 11.6 Å². The second kappa shape index (κ2) is 7.04. The van der Waals surface area contributed by atoms with Gasteiger partial charge in [0.15, 0.2) is 11.4 Å². The molecule has 1 aromatic carbocycles. The van der Waals surface area contributed by atoms with Crippen molar-refractivity contribution in [3.05, 3.63) is 45.2 Å². The van der Waals surface area contributed by atoms with E-state index in [9.17, 15) is 39.9 Å². The maximum Gasteiger partial charge on any atom is 0.255 e. The maximum absolute atomic E-state index is 13.7. The van der Waals surface area contributed by atoms with E-state index in [2.05, 4.69) is 0 Å². The highest BCUT2D eigenvalue weighted by atomic mass is 35.5. The van der Waals surface area contributed by atoms with Gasteiger partial charge in [-0.25, -0.2) is 0 Å². The first-order valence-electron chi connectivity index (χ1n) is 10.1. The lowest BCUT2D eigenvalue weighted by Gasteiger charge is -2.53. The number of amides is 1. The third kappa shape index (κ3) is 2.75. The number of phenolic OH excluding ortho intramolecular Hbond substituents is 1. The number of aliphatic hydroxyl groups is 4. The first-order chi connectivity index (χ1) is 15.2. The van der Waals surface area contributed by atoms with Crippen LogP contribution in [-0.4, -0.2) is 73.6 Å². The summed E-state index contributed by atoms with van der Waals surface area (Å²) in [5.74, 6) is -8.30. The number of aliphatic hydroxyl groups excluding tert-OH is 2. The summed E-state index contributed by atoms with van der Waals surface area (Å²) in [4.78, 5) is 40.1. The SMILES string of the molecule is CN(C)[C@H]1C(=O)C(C(N)=O)=C(O)C2(O)C(=O)C3=C(O)c4c(O)ccc(Cl)c4C(C)(O)C3CC12. The van der Waals surface area contributed by atoms with E-state index in [1.54, 1.807) is 0 Å². The van der Waals surface area contributed by atoms with Crippen LogP contribution >= 0.6 is 11.6 Å². The van der Waals surface area contributed by atoms with Crippen molar-refractivity contribution >= 4 is 34.8 Å². The van der Waals surface area contributed by atoms with Crippen molar-refractivity contribution in [3.8, 4) is 5.75 Å². The molecule has 0 aromatic heterocycles. The Labute approximate surface area is 193 Å². The number of ketones is 2. The van der Waals surface area contributed by atoms with Crippen molar-refractivity contribution < 1.29 is 39.9 Å². The fourth-order valence-electron chi connectivity index (χ4n) is 5.58. The van der Waals surface area contributed by atoms with Gasteiger partial charge >= 0.3 is 0 Å². The highest BCUT2D eigenvalue weighted by molar-refractivity contribution is 6.32. The standard InChI is InChI=1S/C22H23ClN2O8/c1-21(32)7-6-8-15(25(2)3)17(28)13(20(24)31)19(30)22(8,33)18(29)11(7)16(27)12-10(26)5-4-9(23)14(12)21/h4-5,7-8,15,26-27,30,32-33H,6H2,1-3H3,(H2,24,31)/t7?,8?,15-,21?,22?/m1/s1. The minimum Gasteiger partial charge on any atom is -0.508 e. The van der Waals surface area contributed by atoms with Crippen molar-refractivity contribution in [2.24, 2.45) is 17.6 Å². The first kappa shape index (κ1) is 23.2. The Balaban J connectivity index is 2.07. The molecular formula is C22H23ClN2O8. The van der Waals surface area contributed by atoms with Gasteiger partial charge in [0.2, 0.25) is 5.78 Å². The van der Waals surface area contributed by atoms with Gasteiger partial charge in [-0.3, -0.25) is 19.3 Å². The summed E-state index contributed by atoms with van der Waals surface area (Å²) in [5, 5.41) is 55.2. The second-order valence-corrected chi connectivity index (χ2v) is 9.48. The number of likely N-dealkylation sites (N-methyl/N-ethyl adjacent to an activating group) is 1. The fraction of sp³-hybridized carbons (Fsp3) is 0.409. The lowest BCUT2D eigenvalue weighted by Crippen LogP contribution is -2.67. The molecule has 4 rings (SSSR count). The number of Topliss-reactive ketones (excluding diaryl/α,β-unsaturated/α-hetero) is 2. The van der Waals surface area contributed by atoms with Crippen molar-refractivity contribution in [2.75, 3.05) is 14.1 Å². The van der Waals surface area contributed by atoms with Crippen LogP contribution in [0.3, 0.4) is 0 Å². The minimum absolute atomic E-state index is 0.0187. The van der Waals surface area contributed by atoms with Gasteiger partial charge in [0.05, 0.1) is 17.2 Å². The molecule has 0 radical (unpaired) electrons. The molecule has 11 heteroatoms. The molecule has 1 fully saturated rings. The van der Waals surface area contributed by atoms with Crippen molar-refractivity contribution in [1.82, 2.24) is 4.90 Å². The number of phenols is 1. The zero-order valence-electron chi connectivity index (χ0n) is 18.0. The molecule has 5 atom stereocenters. The molecule has 1 aromatic rings. The van der Waals surface area contributed by atoms with Crippen LogP contribution < -0.4 is 5.73 Å². The van der Waals surface area contributed by atoms with E-state index in [1.807, 2.05) is 0 Å². The van der Waals surface area contributed by atoms with E-state index < -0.39 is 75.0 Å². The average Bonchev–Trinajstić information content (AvgIpc) is 2.69. The maximum atomic E-state index is 13.7. The van der Waals surface area contributed by atoms with Crippen molar-refractivity contribution in [1.29, 1.82) is 0 Å². The minimum atomic E-state index is -2.78. The number of aromatic hydroxyl groups is 1. The summed E-state index contributed by atoms with van der Waals surface area (Å²) in [5.41, 5.74) is -1.10. The number of hydrogen-bond donors (Lipinski definition) is 6. The Morgan fingerprint density at radius 2 is 1.79 bits per heavy atom. The predicted molar refractivity (Wildman–Crippen MR) is 115 cm³/mol. The number of nitrogens with zero attached hydrogens (tertiary/aromatic N) is 1. The molecule has 3 aliphatic rings. The Morgan fingerprint density at radius 1 is 1.18 bits per heavy atom. The average molecular weight is 479 g/mol. The number of carbonyl (C=O) groups is 3. The van der Waals surface area contributed by atoms with Crippen LogP contribution in [0.25, 0.3) is 5.76 Å². The molecule has 4 unspecified atom stereocenters. The molecule has 176 valence electrons. The molecular weight excluding hydrogens is 456 g/mol. The lowest BCUT2D eigenvalue weighted by atomic mass is 9.54. The van der Waals surface area contributed by atoms with E-state index in [0.717, 1.165) is 0 Å². The monoisotopic (exact) mass is 478 g/mol. The summed E-state index contributed by atoms with van der Waals surface area (Å²) in [6, 6.07) is 1.24. The summed E-state index contributed by atoms with van der Waals surface area (Å²) in [6.45, 7) is 1.34. The molecule has 7 N–H and O–H groups in total. The quantitative estimate of drug-likeness (QED) is 0.325. The molecule has 3 aliphatic carbocycles. The lowest BCUT2D eigenvalue weighted by molar-refractivity contribution is -0.159.